The lowest BCUT2D eigenvalue weighted by Gasteiger charge is -2.36. The summed E-state index contributed by atoms with van der Waals surface area (Å²) >= 11 is 0. The predicted molar refractivity (Wildman–Crippen MR) is 155 cm³/mol. The highest BCUT2D eigenvalue weighted by atomic mass is 19.4. The number of amides is 1. The minimum atomic E-state index is -4.65. The molecule has 9 heteroatoms. The monoisotopic (exact) mass is 564 g/mol. The van der Waals surface area contributed by atoms with Gasteiger partial charge in [0.1, 0.15) is 6.29 Å². The fourth-order valence-electron chi connectivity index (χ4n) is 5.01. The first-order valence-corrected chi connectivity index (χ1v) is 13.3. The van der Waals surface area contributed by atoms with Gasteiger partial charge < -0.3 is 10.2 Å². The summed E-state index contributed by atoms with van der Waals surface area (Å²) < 4.78 is 42.8. The molecule has 2 aromatic carbocycles. The number of alkyl halides is 3. The van der Waals surface area contributed by atoms with E-state index in [-0.39, 0.29) is 42.1 Å². The van der Waals surface area contributed by atoms with E-state index in [4.69, 9.17) is 12.8 Å². The summed E-state index contributed by atoms with van der Waals surface area (Å²) in [6.07, 6.45) is 10.5. The molecular weight excluding hydrogens is 529 g/mol. The van der Waals surface area contributed by atoms with Gasteiger partial charge in [0.2, 0.25) is 5.91 Å². The number of anilines is 1. The number of nitrogens with zero attached hydrogens (tertiary/aromatic N) is 3. The molecule has 216 valence electrons. The van der Waals surface area contributed by atoms with Crippen LogP contribution in [0.4, 0.5) is 18.9 Å². The van der Waals surface area contributed by atoms with Gasteiger partial charge in [0.25, 0.3) is 0 Å². The highest BCUT2D eigenvalue weighted by Crippen LogP contribution is 2.36. The van der Waals surface area contributed by atoms with Gasteiger partial charge in [0, 0.05) is 69.1 Å². The quantitative estimate of drug-likeness (QED) is 0.252. The number of hydrogen-bond donors (Lipinski definition) is 1. The first kappa shape index (κ1) is 31.5. The summed E-state index contributed by atoms with van der Waals surface area (Å²) in [5, 5.41) is 2.95. The standard InChI is InChI=1S/C32H35F3N4O2/c1-5-14-37(3)15-10-13-31(41)36-27-17-24(6-2)19-39(21-27)20-25-16-26(23-40)29(30(18-25)32(33,34)35)22-38(4)28-11-8-7-9-12-28/h1-2,7-13,16,18,23-24,27H,14-15,17,19-22H2,3-4H3,(H,36,41)/b13-10+. The molecule has 2 aromatic rings. The summed E-state index contributed by atoms with van der Waals surface area (Å²) in [6, 6.07) is 11.4. The summed E-state index contributed by atoms with van der Waals surface area (Å²) in [5.74, 6) is 4.78. The number of para-hydroxylation sites is 1. The molecule has 6 nitrogen and oxygen atoms in total. The molecule has 1 aliphatic rings. The Bertz CT molecular complexity index is 1310. The van der Waals surface area contributed by atoms with Gasteiger partial charge in [0.05, 0.1) is 12.1 Å². The highest BCUT2D eigenvalue weighted by Gasteiger charge is 2.36. The van der Waals surface area contributed by atoms with Gasteiger partial charge in [-0.25, -0.2) is 0 Å². The van der Waals surface area contributed by atoms with Crippen LogP contribution in [0.15, 0.2) is 54.6 Å². The zero-order valence-electron chi connectivity index (χ0n) is 23.3. The summed E-state index contributed by atoms with van der Waals surface area (Å²) in [5.41, 5.74) is 0.165. The van der Waals surface area contributed by atoms with E-state index in [1.54, 1.807) is 42.3 Å². The maximum Gasteiger partial charge on any atom is 0.416 e. The number of nitrogens with one attached hydrogen (secondary N) is 1. The third-order valence-electron chi connectivity index (χ3n) is 6.93. The largest absolute Gasteiger partial charge is 0.416 e. The van der Waals surface area contributed by atoms with E-state index in [1.165, 1.54) is 12.1 Å². The Morgan fingerprint density at radius 1 is 1.17 bits per heavy atom. The number of aldehydes is 1. The molecule has 41 heavy (non-hydrogen) atoms. The van der Waals surface area contributed by atoms with E-state index in [1.807, 2.05) is 22.9 Å². The number of likely N-dealkylation sites (tertiary alicyclic amines) is 1. The molecule has 0 radical (unpaired) electrons. The van der Waals surface area contributed by atoms with Crippen molar-refractivity contribution in [3.05, 3.63) is 76.9 Å². The molecule has 0 saturated carbocycles. The van der Waals surface area contributed by atoms with Crippen molar-refractivity contribution in [3.8, 4) is 24.7 Å². The van der Waals surface area contributed by atoms with Crippen molar-refractivity contribution in [1.82, 2.24) is 15.1 Å². The molecule has 1 N–H and O–H groups in total. The number of halogens is 3. The van der Waals surface area contributed by atoms with Crippen LogP contribution in [0.2, 0.25) is 0 Å². The number of likely N-dealkylation sites (N-methyl/N-ethyl adjacent to an activating group) is 1. The second kappa shape index (κ2) is 14.5. The minimum absolute atomic E-state index is 0.00657. The van der Waals surface area contributed by atoms with Gasteiger partial charge in [-0.1, -0.05) is 30.2 Å². The zero-order chi connectivity index (χ0) is 30.0. The molecule has 0 aromatic heterocycles. The van der Waals surface area contributed by atoms with Gasteiger partial charge in [0.15, 0.2) is 0 Å². The molecule has 0 aliphatic carbocycles. The van der Waals surface area contributed by atoms with Crippen molar-refractivity contribution >= 4 is 17.9 Å². The van der Waals surface area contributed by atoms with Crippen molar-refractivity contribution in [2.75, 3.05) is 45.2 Å². The lowest BCUT2D eigenvalue weighted by atomic mass is 9.93. The molecule has 0 bridgehead atoms. The van der Waals surface area contributed by atoms with Crippen molar-refractivity contribution in [2.24, 2.45) is 5.92 Å². The van der Waals surface area contributed by atoms with Crippen LogP contribution < -0.4 is 10.2 Å². The van der Waals surface area contributed by atoms with E-state index in [0.29, 0.717) is 44.4 Å². The smallest absolute Gasteiger partial charge is 0.370 e. The van der Waals surface area contributed by atoms with Crippen LogP contribution in [0.1, 0.15) is 33.5 Å². The average Bonchev–Trinajstić information content (AvgIpc) is 2.93. The Morgan fingerprint density at radius 2 is 1.90 bits per heavy atom. The van der Waals surface area contributed by atoms with E-state index in [2.05, 4.69) is 17.2 Å². The summed E-state index contributed by atoms with van der Waals surface area (Å²) in [6.45, 7) is 1.90. The van der Waals surface area contributed by atoms with E-state index >= 15 is 0 Å². The normalized spacial score (nSPS) is 17.7. The van der Waals surface area contributed by atoms with Gasteiger partial charge in [-0.3, -0.25) is 19.4 Å². The van der Waals surface area contributed by atoms with Gasteiger partial charge in [-0.05, 0) is 48.9 Å². The van der Waals surface area contributed by atoms with Gasteiger partial charge in [-0.2, -0.15) is 13.2 Å². The maximum absolute atomic E-state index is 14.3. The minimum Gasteiger partial charge on any atom is -0.370 e. The van der Waals surface area contributed by atoms with Crippen molar-refractivity contribution in [2.45, 2.75) is 31.7 Å². The summed E-state index contributed by atoms with van der Waals surface area (Å²) in [7, 11) is 3.53. The molecule has 1 heterocycles. The topological polar surface area (TPSA) is 55.9 Å². The molecule has 1 saturated heterocycles. The van der Waals surface area contributed by atoms with Crippen LogP contribution in [0.25, 0.3) is 0 Å². The summed E-state index contributed by atoms with van der Waals surface area (Å²) in [4.78, 5) is 30.0. The number of carbonyl (C=O) groups is 2. The third-order valence-corrected chi connectivity index (χ3v) is 6.93. The second-order valence-electron chi connectivity index (χ2n) is 10.3. The lowest BCUT2D eigenvalue weighted by molar-refractivity contribution is -0.138. The number of hydrogen-bond acceptors (Lipinski definition) is 5. The molecule has 2 unspecified atom stereocenters. The SMILES string of the molecule is C#CCN(C)C/C=C/C(=O)NC1CC(C#C)CN(Cc2cc(C=O)c(CN(C)c3ccccc3)c(C(F)(F)F)c2)C1. The van der Waals surface area contributed by atoms with Crippen molar-refractivity contribution < 1.29 is 22.8 Å². The van der Waals surface area contributed by atoms with E-state index in [9.17, 15) is 22.8 Å². The predicted octanol–water partition coefficient (Wildman–Crippen LogP) is 4.22. The number of carbonyl (C=O) groups excluding carboxylic acids is 2. The van der Waals surface area contributed by atoms with Crippen LogP contribution in [-0.2, 0) is 24.1 Å². The molecule has 2 atom stereocenters. The molecular formula is C32H35F3N4O2. The Balaban J connectivity index is 1.78. The maximum atomic E-state index is 14.3. The Kier molecular flexibility index (Phi) is 11.2. The molecule has 1 aliphatic heterocycles. The van der Waals surface area contributed by atoms with Crippen LogP contribution >= 0.6 is 0 Å². The third kappa shape index (κ3) is 9.24. The Labute approximate surface area is 240 Å². The molecule has 1 fully saturated rings. The second-order valence-corrected chi connectivity index (χ2v) is 10.3. The van der Waals surface area contributed by atoms with Crippen LogP contribution in [0.3, 0.4) is 0 Å². The number of rotatable bonds is 11. The average molecular weight is 565 g/mol. The lowest BCUT2D eigenvalue weighted by Crippen LogP contribution is -2.50. The van der Waals surface area contributed by atoms with E-state index in [0.717, 1.165) is 11.8 Å². The fraction of sp³-hybridized carbons (Fsp3) is 0.375. The highest BCUT2D eigenvalue weighted by molar-refractivity contribution is 5.87. The Hall–Kier alpha value is -4.05. The first-order valence-electron chi connectivity index (χ1n) is 13.3. The van der Waals surface area contributed by atoms with Gasteiger partial charge >= 0.3 is 6.18 Å². The number of benzene rings is 2. The zero-order valence-corrected chi connectivity index (χ0v) is 23.3. The first-order chi connectivity index (χ1) is 19.5. The van der Waals surface area contributed by atoms with Crippen LogP contribution in [0.5, 0.6) is 0 Å². The molecule has 0 spiro atoms. The Morgan fingerprint density at radius 3 is 2.54 bits per heavy atom. The van der Waals surface area contributed by atoms with Crippen LogP contribution in [0, 0.1) is 30.6 Å². The molecule has 3 rings (SSSR count). The van der Waals surface area contributed by atoms with Gasteiger partial charge in [-0.15, -0.1) is 18.8 Å². The van der Waals surface area contributed by atoms with Crippen LogP contribution in [-0.4, -0.2) is 68.3 Å². The number of piperidine rings is 1. The van der Waals surface area contributed by atoms with Crippen molar-refractivity contribution in [3.63, 3.8) is 0 Å². The fourth-order valence-corrected chi connectivity index (χ4v) is 5.01. The van der Waals surface area contributed by atoms with E-state index < -0.39 is 11.7 Å². The molecule has 1 amide bonds. The van der Waals surface area contributed by atoms with Crippen molar-refractivity contribution in [1.29, 1.82) is 0 Å². The number of terminal acetylenes is 2.